The van der Waals surface area contributed by atoms with Crippen LogP contribution in [0.3, 0.4) is 0 Å². The molecule has 1 aliphatic heterocycles. The van der Waals surface area contributed by atoms with Gasteiger partial charge in [-0.1, -0.05) is 34.8 Å². The van der Waals surface area contributed by atoms with Crippen LogP contribution in [0.15, 0.2) is 30.3 Å². The average Bonchev–Trinajstić information content (AvgIpc) is 3.06. The molecule has 2 aromatic rings. The summed E-state index contributed by atoms with van der Waals surface area (Å²) < 4.78 is 56.4. The first-order valence-corrected chi connectivity index (χ1v) is 9.27. The van der Waals surface area contributed by atoms with Gasteiger partial charge < -0.3 is 10.6 Å². The van der Waals surface area contributed by atoms with Gasteiger partial charge in [0, 0.05) is 24.3 Å². The SMILES string of the molecule is [NH3+]Cc1ccc(N2CC[C@@](c3cc(Cl)c(Cl)c(Cl)c3)(C(F)(F)F)C2)cc1F. The third-order valence-electron chi connectivity index (χ3n) is 5.02. The van der Waals surface area contributed by atoms with E-state index in [1.165, 1.54) is 23.1 Å². The van der Waals surface area contributed by atoms with Crippen molar-refractivity contribution in [2.24, 2.45) is 0 Å². The minimum atomic E-state index is -4.55. The highest BCUT2D eigenvalue weighted by atomic mass is 35.5. The molecule has 3 rings (SSSR count). The molecular weight excluding hydrogens is 427 g/mol. The summed E-state index contributed by atoms with van der Waals surface area (Å²) >= 11 is 17.8. The van der Waals surface area contributed by atoms with Crippen LogP contribution in [0, 0.1) is 5.82 Å². The second-order valence-corrected chi connectivity index (χ2v) is 7.72. The summed E-state index contributed by atoms with van der Waals surface area (Å²) in [6.45, 7) is 0.00879. The van der Waals surface area contributed by atoms with Crippen molar-refractivity contribution in [2.75, 3.05) is 18.0 Å². The number of halogens is 7. The number of quaternary nitrogens is 1. The lowest BCUT2D eigenvalue weighted by atomic mass is 9.79. The van der Waals surface area contributed by atoms with Crippen LogP contribution in [0.2, 0.25) is 15.1 Å². The maximum absolute atomic E-state index is 14.1. The van der Waals surface area contributed by atoms with Crippen LogP contribution in [0.4, 0.5) is 23.2 Å². The fourth-order valence-corrected chi connectivity index (χ4v) is 4.02. The van der Waals surface area contributed by atoms with Gasteiger partial charge >= 0.3 is 6.18 Å². The van der Waals surface area contributed by atoms with Gasteiger partial charge in [-0.05, 0) is 42.3 Å². The van der Waals surface area contributed by atoms with Crippen LogP contribution in [0.1, 0.15) is 17.5 Å². The van der Waals surface area contributed by atoms with E-state index in [1.54, 1.807) is 12.1 Å². The standard InChI is InChI=1S/C18H15Cl3F4N2/c19-13-5-11(6-14(20)16(13)21)17(18(23,24)25)3-4-27(9-17)12-2-1-10(8-26)15(22)7-12/h1-2,5-7H,3-4,8-9,26H2/p+1/t17-/m1/s1. The van der Waals surface area contributed by atoms with E-state index in [9.17, 15) is 17.6 Å². The van der Waals surface area contributed by atoms with Gasteiger partial charge in [-0.15, -0.1) is 0 Å². The first-order chi connectivity index (χ1) is 12.6. The second-order valence-electron chi connectivity index (χ2n) is 6.53. The van der Waals surface area contributed by atoms with E-state index in [-0.39, 0.29) is 46.7 Å². The van der Waals surface area contributed by atoms with E-state index in [0.29, 0.717) is 11.3 Å². The quantitative estimate of drug-likeness (QED) is 0.512. The maximum atomic E-state index is 14.1. The van der Waals surface area contributed by atoms with Crippen molar-refractivity contribution in [1.29, 1.82) is 0 Å². The largest absolute Gasteiger partial charge is 0.400 e. The Hall–Kier alpha value is -1.21. The molecule has 1 atom stereocenters. The molecule has 0 aliphatic carbocycles. The molecule has 1 fully saturated rings. The molecule has 0 saturated carbocycles. The summed E-state index contributed by atoms with van der Waals surface area (Å²) in [6.07, 6.45) is -4.75. The monoisotopic (exact) mass is 441 g/mol. The molecule has 0 amide bonds. The molecule has 1 aliphatic rings. The fraction of sp³-hybridized carbons (Fsp3) is 0.333. The van der Waals surface area contributed by atoms with E-state index < -0.39 is 17.4 Å². The zero-order chi connectivity index (χ0) is 20.0. The summed E-state index contributed by atoms with van der Waals surface area (Å²) in [5.41, 5.74) is 2.20. The number of alkyl halides is 3. The molecule has 9 heteroatoms. The Bertz CT molecular complexity index is 849. The van der Waals surface area contributed by atoms with Crippen molar-refractivity contribution < 1.29 is 23.3 Å². The molecule has 2 nitrogen and oxygen atoms in total. The van der Waals surface area contributed by atoms with Crippen molar-refractivity contribution in [3.63, 3.8) is 0 Å². The highest BCUT2D eigenvalue weighted by Gasteiger charge is 2.59. The molecular formula is C18H16Cl3F4N2+. The Morgan fingerprint density at radius 1 is 1.07 bits per heavy atom. The van der Waals surface area contributed by atoms with E-state index in [1.807, 2.05) is 0 Å². The minimum Gasteiger partial charge on any atom is -0.370 e. The van der Waals surface area contributed by atoms with Gasteiger partial charge in [-0.2, -0.15) is 13.2 Å². The van der Waals surface area contributed by atoms with Crippen LogP contribution in [-0.4, -0.2) is 19.3 Å². The van der Waals surface area contributed by atoms with Crippen molar-refractivity contribution in [3.8, 4) is 0 Å². The number of hydrogen-bond donors (Lipinski definition) is 1. The Morgan fingerprint density at radius 3 is 2.22 bits per heavy atom. The first-order valence-electron chi connectivity index (χ1n) is 8.13. The predicted octanol–water partition coefficient (Wildman–Crippen LogP) is 5.24. The molecule has 2 aromatic carbocycles. The molecule has 0 unspecified atom stereocenters. The number of nitrogens with zero attached hydrogens (tertiary/aromatic N) is 1. The summed E-state index contributed by atoms with van der Waals surface area (Å²) in [7, 11) is 0. The summed E-state index contributed by atoms with van der Waals surface area (Å²) in [6, 6.07) is 6.81. The smallest absolute Gasteiger partial charge is 0.370 e. The van der Waals surface area contributed by atoms with Crippen LogP contribution in [0.25, 0.3) is 0 Å². The Kier molecular flexibility index (Phi) is 5.56. The minimum absolute atomic E-state index is 0.0140. The van der Waals surface area contributed by atoms with Crippen LogP contribution in [-0.2, 0) is 12.0 Å². The molecule has 146 valence electrons. The topological polar surface area (TPSA) is 30.9 Å². The molecule has 3 N–H and O–H groups in total. The summed E-state index contributed by atoms with van der Waals surface area (Å²) in [4.78, 5) is 1.51. The molecule has 27 heavy (non-hydrogen) atoms. The van der Waals surface area contributed by atoms with Crippen LogP contribution >= 0.6 is 34.8 Å². The van der Waals surface area contributed by atoms with Gasteiger partial charge in [-0.25, -0.2) is 4.39 Å². The van der Waals surface area contributed by atoms with Gasteiger partial charge in [0.05, 0.1) is 15.1 Å². The Labute approximate surface area is 168 Å². The second kappa shape index (κ2) is 7.32. The number of benzene rings is 2. The van der Waals surface area contributed by atoms with Gasteiger partial charge in [0.1, 0.15) is 17.8 Å². The summed E-state index contributed by atoms with van der Waals surface area (Å²) in [5.74, 6) is -0.482. The van der Waals surface area contributed by atoms with Gasteiger partial charge in [0.15, 0.2) is 0 Å². The van der Waals surface area contributed by atoms with E-state index in [4.69, 9.17) is 34.8 Å². The third-order valence-corrected chi connectivity index (χ3v) is 6.22. The van der Waals surface area contributed by atoms with E-state index in [0.717, 1.165) is 0 Å². The highest BCUT2D eigenvalue weighted by Crippen LogP contribution is 2.50. The molecule has 1 saturated heterocycles. The van der Waals surface area contributed by atoms with Crippen LogP contribution in [0.5, 0.6) is 0 Å². The predicted molar refractivity (Wildman–Crippen MR) is 99.0 cm³/mol. The molecule has 0 spiro atoms. The van der Waals surface area contributed by atoms with E-state index >= 15 is 0 Å². The number of rotatable bonds is 3. The lowest BCUT2D eigenvalue weighted by Crippen LogP contribution is -2.47. The number of anilines is 1. The zero-order valence-corrected chi connectivity index (χ0v) is 16.3. The molecule has 1 heterocycles. The van der Waals surface area contributed by atoms with Crippen molar-refractivity contribution in [2.45, 2.75) is 24.6 Å². The molecule has 0 bridgehead atoms. The van der Waals surface area contributed by atoms with Crippen LogP contribution < -0.4 is 10.6 Å². The normalized spacial score (nSPS) is 20.4. The fourth-order valence-electron chi connectivity index (χ4n) is 3.43. The lowest BCUT2D eigenvalue weighted by Gasteiger charge is -2.33. The Morgan fingerprint density at radius 2 is 1.70 bits per heavy atom. The zero-order valence-electron chi connectivity index (χ0n) is 14.0. The van der Waals surface area contributed by atoms with E-state index in [2.05, 4.69) is 5.73 Å². The van der Waals surface area contributed by atoms with Gasteiger partial charge in [-0.3, -0.25) is 0 Å². The average molecular weight is 443 g/mol. The van der Waals surface area contributed by atoms with Gasteiger partial charge in [0.25, 0.3) is 0 Å². The number of hydrogen-bond acceptors (Lipinski definition) is 1. The lowest BCUT2D eigenvalue weighted by molar-refractivity contribution is -0.386. The third kappa shape index (κ3) is 3.60. The van der Waals surface area contributed by atoms with Gasteiger partial charge in [0.2, 0.25) is 0 Å². The van der Waals surface area contributed by atoms with Crippen molar-refractivity contribution in [1.82, 2.24) is 0 Å². The van der Waals surface area contributed by atoms with Crippen molar-refractivity contribution in [3.05, 3.63) is 62.3 Å². The summed E-state index contributed by atoms with van der Waals surface area (Å²) in [5, 5.41) is -0.0562. The first kappa shape index (κ1) is 20.5. The molecule has 0 aromatic heterocycles. The highest BCUT2D eigenvalue weighted by molar-refractivity contribution is 6.48. The van der Waals surface area contributed by atoms with Crippen molar-refractivity contribution >= 4 is 40.5 Å². The Balaban J connectivity index is 2.02. The molecule has 0 radical (unpaired) electrons. The maximum Gasteiger partial charge on any atom is 0.400 e.